The molecule has 0 fully saturated rings. The Morgan fingerprint density at radius 3 is 2.63 bits per heavy atom. The minimum atomic E-state index is -0.222. The molecule has 0 saturated heterocycles. The minimum absolute atomic E-state index is 0.163. The van der Waals surface area contributed by atoms with E-state index in [1.54, 1.807) is 12.3 Å². The standard InChI is InChI=1S/C15H13NO3/c1-8-3-14(19-7-8)11-5-15(18)16-12-6-13(17)9(2)4-10(11)12/h3-7,17H,1-2H3,(H,16,18). The fourth-order valence-electron chi connectivity index (χ4n) is 2.18. The average Bonchev–Trinajstić information content (AvgIpc) is 2.77. The fraction of sp³-hybridized carbons (Fsp3) is 0.133. The van der Waals surface area contributed by atoms with Crippen molar-refractivity contribution in [3.8, 4) is 17.1 Å². The van der Waals surface area contributed by atoms with E-state index >= 15 is 0 Å². The summed E-state index contributed by atoms with van der Waals surface area (Å²) in [6, 6.07) is 6.80. The molecule has 19 heavy (non-hydrogen) atoms. The maximum atomic E-state index is 11.7. The summed E-state index contributed by atoms with van der Waals surface area (Å²) in [7, 11) is 0. The number of fused-ring (bicyclic) bond motifs is 1. The molecule has 0 bridgehead atoms. The molecule has 2 aromatic heterocycles. The largest absolute Gasteiger partial charge is 0.508 e. The molecule has 0 atom stereocenters. The molecule has 0 amide bonds. The topological polar surface area (TPSA) is 66.2 Å². The first kappa shape index (κ1) is 11.6. The summed E-state index contributed by atoms with van der Waals surface area (Å²) in [4.78, 5) is 14.4. The maximum Gasteiger partial charge on any atom is 0.249 e. The van der Waals surface area contributed by atoms with Gasteiger partial charge in [0.1, 0.15) is 11.5 Å². The highest BCUT2D eigenvalue weighted by Crippen LogP contribution is 2.31. The number of rotatable bonds is 1. The van der Waals surface area contributed by atoms with Crippen LogP contribution in [-0.2, 0) is 0 Å². The molecule has 0 radical (unpaired) electrons. The molecule has 0 unspecified atom stereocenters. The van der Waals surface area contributed by atoms with E-state index in [1.807, 2.05) is 26.0 Å². The first-order chi connectivity index (χ1) is 9.04. The maximum absolute atomic E-state index is 11.7. The van der Waals surface area contributed by atoms with E-state index in [1.165, 1.54) is 6.07 Å². The van der Waals surface area contributed by atoms with E-state index in [9.17, 15) is 9.90 Å². The van der Waals surface area contributed by atoms with Crippen molar-refractivity contribution in [3.63, 3.8) is 0 Å². The number of hydrogen-bond acceptors (Lipinski definition) is 3. The molecule has 0 saturated carbocycles. The van der Waals surface area contributed by atoms with E-state index in [-0.39, 0.29) is 11.3 Å². The molecule has 2 N–H and O–H groups in total. The molecular formula is C15H13NO3. The van der Waals surface area contributed by atoms with Gasteiger partial charge in [0.15, 0.2) is 0 Å². The quantitative estimate of drug-likeness (QED) is 0.702. The van der Waals surface area contributed by atoms with Gasteiger partial charge in [-0.1, -0.05) is 0 Å². The van der Waals surface area contributed by atoms with E-state index in [0.29, 0.717) is 11.3 Å². The van der Waals surface area contributed by atoms with Gasteiger partial charge in [0.05, 0.1) is 11.8 Å². The van der Waals surface area contributed by atoms with Gasteiger partial charge in [-0.3, -0.25) is 4.79 Å². The number of pyridine rings is 1. The van der Waals surface area contributed by atoms with E-state index in [0.717, 1.165) is 22.1 Å². The van der Waals surface area contributed by atoms with Crippen LogP contribution in [0.25, 0.3) is 22.2 Å². The molecule has 96 valence electrons. The summed E-state index contributed by atoms with van der Waals surface area (Å²) < 4.78 is 5.47. The Kier molecular flexibility index (Phi) is 2.45. The van der Waals surface area contributed by atoms with Crippen molar-refractivity contribution in [1.82, 2.24) is 4.98 Å². The highest BCUT2D eigenvalue weighted by Gasteiger charge is 2.11. The monoisotopic (exact) mass is 255 g/mol. The van der Waals surface area contributed by atoms with Crippen molar-refractivity contribution in [3.05, 3.63) is 52.0 Å². The number of aromatic nitrogens is 1. The number of benzene rings is 1. The SMILES string of the molecule is Cc1coc(-c2cc(=O)[nH]c3cc(O)c(C)cc23)c1. The van der Waals surface area contributed by atoms with Crippen LogP contribution < -0.4 is 5.56 Å². The van der Waals surface area contributed by atoms with Gasteiger partial charge in [-0.05, 0) is 37.1 Å². The third-order valence-electron chi connectivity index (χ3n) is 3.16. The highest BCUT2D eigenvalue weighted by atomic mass is 16.3. The predicted molar refractivity (Wildman–Crippen MR) is 73.4 cm³/mol. The third kappa shape index (κ3) is 1.91. The number of nitrogens with one attached hydrogen (secondary N) is 1. The van der Waals surface area contributed by atoms with Crippen LogP contribution >= 0.6 is 0 Å². The lowest BCUT2D eigenvalue weighted by Gasteiger charge is -2.06. The van der Waals surface area contributed by atoms with Crippen LogP contribution in [0.2, 0.25) is 0 Å². The predicted octanol–water partition coefficient (Wildman–Crippen LogP) is 3.11. The Hall–Kier alpha value is -2.49. The Morgan fingerprint density at radius 2 is 1.95 bits per heavy atom. The number of furan rings is 1. The second-order valence-corrected chi connectivity index (χ2v) is 4.72. The summed E-state index contributed by atoms with van der Waals surface area (Å²) in [6.07, 6.45) is 1.65. The summed E-state index contributed by atoms with van der Waals surface area (Å²) >= 11 is 0. The van der Waals surface area contributed by atoms with Crippen LogP contribution in [0.4, 0.5) is 0 Å². The van der Waals surface area contributed by atoms with Crippen LogP contribution in [0.5, 0.6) is 5.75 Å². The van der Waals surface area contributed by atoms with Crippen molar-refractivity contribution < 1.29 is 9.52 Å². The number of aromatic hydroxyl groups is 1. The molecule has 0 aliphatic carbocycles. The van der Waals surface area contributed by atoms with Crippen LogP contribution in [0.15, 0.2) is 39.7 Å². The molecule has 0 spiro atoms. The molecular weight excluding hydrogens is 242 g/mol. The van der Waals surface area contributed by atoms with Gasteiger partial charge in [-0.15, -0.1) is 0 Å². The van der Waals surface area contributed by atoms with E-state index < -0.39 is 0 Å². The molecule has 3 aromatic rings. The van der Waals surface area contributed by atoms with Gasteiger partial charge < -0.3 is 14.5 Å². The number of H-pyrrole nitrogens is 1. The zero-order chi connectivity index (χ0) is 13.6. The average molecular weight is 255 g/mol. The first-order valence-corrected chi connectivity index (χ1v) is 5.97. The van der Waals surface area contributed by atoms with Gasteiger partial charge in [0.25, 0.3) is 0 Å². The van der Waals surface area contributed by atoms with Gasteiger partial charge in [0, 0.05) is 23.1 Å². The van der Waals surface area contributed by atoms with Crippen LogP contribution in [0, 0.1) is 13.8 Å². The Morgan fingerprint density at radius 1 is 1.16 bits per heavy atom. The Bertz CT molecular complexity index is 827. The van der Waals surface area contributed by atoms with E-state index in [4.69, 9.17) is 4.42 Å². The smallest absolute Gasteiger partial charge is 0.249 e. The van der Waals surface area contributed by atoms with Crippen molar-refractivity contribution >= 4 is 10.9 Å². The lowest BCUT2D eigenvalue weighted by Crippen LogP contribution is -2.04. The number of aromatic amines is 1. The van der Waals surface area contributed by atoms with Crippen LogP contribution in [-0.4, -0.2) is 10.1 Å². The summed E-state index contributed by atoms with van der Waals surface area (Å²) in [5.74, 6) is 0.814. The van der Waals surface area contributed by atoms with Crippen molar-refractivity contribution in [2.24, 2.45) is 0 Å². The lowest BCUT2D eigenvalue weighted by atomic mass is 10.0. The minimum Gasteiger partial charge on any atom is -0.508 e. The van der Waals surface area contributed by atoms with Crippen molar-refractivity contribution in [1.29, 1.82) is 0 Å². The van der Waals surface area contributed by atoms with Crippen LogP contribution in [0.3, 0.4) is 0 Å². The second kappa shape index (κ2) is 4.02. The van der Waals surface area contributed by atoms with E-state index in [2.05, 4.69) is 4.98 Å². The Labute approximate surface area is 109 Å². The molecule has 4 nitrogen and oxygen atoms in total. The van der Waals surface area contributed by atoms with Crippen molar-refractivity contribution in [2.75, 3.05) is 0 Å². The van der Waals surface area contributed by atoms with Crippen LogP contribution in [0.1, 0.15) is 11.1 Å². The number of hydrogen-bond donors (Lipinski definition) is 2. The fourth-order valence-corrected chi connectivity index (χ4v) is 2.18. The van der Waals surface area contributed by atoms with Gasteiger partial charge in [-0.2, -0.15) is 0 Å². The van der Waals surface area contributed by atoms with Gasteiger partial charge >= 0.3 is 0 Å². The molecule has 4 heteroatoms. The lowest BCUT2D eigenvalue weighted by molar-refractivity contribution is 0.472. The summed E-state index contributed by atoms with van der Waals surface area (Å²) in [5.41, 5.74) is 2.86. The summed E-state index contributed by atoms with van der Waals surface area (Å²) in [5, 5.41) is 10.6. The first-order valence-electron chi connectivity index (χ1n) is 5.97. The second-order valence-electron chi connectivity index (χ2n) is 4.72. The summed E-state index contributed by atoms with van der Waals surface area (Å²) in [6.45, 7) is 3.75. The number of phenolic OH excluding ortho intramolecular Hbond substituents is 1. The number of phenols is 1. The third-order valence-corrected chi connectivity index (χ3v) is 3.16. The van der Waals surface area contributed by atoms with Gasteiger partial charge in [-0.25, -0.2) is 0 Å². The zero-order valence-electron chi connectivity index (χ0n) is 10.7. The number of aryl methyl sites for hydroxylation is 2. The highest BCUT2D eigenvalue weighted by molar-refractivity contribution is 5.94. The van der Waals surface area contributed by atoms with Gasteiger partial charge in [0.2, 0.25) is 5.56 Å². The molecule has 0 aliphatic rings. The molecule has 0 aliphatic heterocycles. The Balaban J connectivity index is 2.41. The molecule has 3 rings (SSSR count). The zero-order valence-corrected chi connectivity index (χ0v) is 10.7. The molecule has 1 aromatic carbocycles. The van der Waals surface area contributed by atoms with Crippen molar-refractivity contribution in [2.45, 2.75) is 13.8 Å². The molecule has 2 heterocycles. The normalized spacial score (nSPS) is 11.1.